The molecule has 0 atom stereocenters. The number of amides is 1. The summed E-state index contributed by atoms with van der Waals surface area (Å²) in [6.45, 7) is 0.409. The van der Waals surface area contributed by atoms with Gasteiger partial charge in [-0.1, -0.05) is 17.7 Å². The van der Waals surface area contributed by atoms with Gasteiger partial charge < -0.3 is 14.5 Å². The quantitative estimate of drug-likeness (QED) is 0.718. The van der Waals surface area contributed by atoms with Crippen LogP contribution in [0.15, 0.2) is 51.7 Å². The normalized spacial score (nSPS) is 10.7. The lowest BCUT2D eigenvalue weighted by atomic mass is 10.1. The van der Waals surface area contributed by atoms with E-state index in [1.807, 2.05) is 12.1 Å². The maximum Gasteiger partial charge on any atom is 0.417 e. The molecule has 0 bridgehead atoms. The first kappa shape index (κ1) is 16.1. The van der Waals surface area contributed by atoms with Crippen molar-refractivity contribution in [3.05, 3.63) is 63.6 Å². The van der Waals surface area contributed by atoms with Crippen molar-refractivity contribution in [3.63, 3.8) is 0 Å². The second-order valence-corrected chi connectivity index (χ2v) is 5.62. The Balaban J connectivity index is 1.45. The number of ether oxygens (including phenoxy) is 1. The van der Waals surface area contributed by atoms with E-state index in [1.165, 1.54) is 0 Å². The number of rotatable bonds is 6. The van der Waals surface area contributed by atoms with Gasteiger partial charge in [0.2, 0.25) is 0 Å². The third kappa shape index (κ3) is 4.17. The smallest absolute Gasteiger partial charge is 0.417 e. The van der Waals surface area contributed by atoms with Crippen molar-refractivity contribution in [1.29, 1.82) is 0 Å². The summed E-state index contributed by atoms with van der Waals surface area (Å²) >= 11 is 5.78. The van der Waals surface area contributed by atoms with Crippen LogP contribution >= 0.6 is 11.6 Å². The summed E-state index contributed by atoms with van der Waals surface area (Å²) in [5.74, 6) is -0.0959. The molecule has 124 valence electrons. The highest BCUT2D eigenvalue weighted by molar-refractivity contribution is 6.30. The number of hydrogen-bond donors (Lipinski definition) is 2. The van der Waals surface area contributed by atoms with Crippen molar-refractivity contribution < 1.29 is 13.9 Å². The van der Waals surface area contributed by atoms with Gasteiger partial charge in [0, 0.05) is 11.6 Å². The molecule has 2 N–H and O–H groups in total. The maximum absolute atomic E-state index is 11.8. The van der Waals surface area contributed by atoms with Crippen LogP contribution in [0.1, 0.15) is 5.56 Å². The number of hydrogen-bond acceptors (Lipinski definition) is 4. The molecule has 6 nitrogen and oxygen atoms in total. The molecule has 24 heavy (non-hydrogen) atoms. The van der Waals surface area contributed by atoms with Crippen molar-refractivity contribution in [2.24, 2.45) is 0 Å². The molecular weight excluding hydrogens is 332 g/mol. The summed E-state index contributed by atoms with van der Waals surface area (Å²) in [5, 5.41) is 3.39. The Morgan fingerprint density at radius 3 is 2.79 bits per heavy atom. The molecule has 7 heteroatoms. The highest BCUT2D eigenvalue weighted by atomic mass is 35.5. The lowest BCUT2D eigenvalue weighted by Gasteiger charge is -2.07. The van der Waals surface area contributed by atoms with E-state index in [-0.39, 0.29) is 12.5 Å². The van der Waals surface area contributed by atoms with Crippen molar-refractivity contribution in [3.8, 4) is 5.75 Å². The lowest BCUT2D eigenvalue weighted by molar-refractivity contribution is -0.123. The number of H-pyrrole nitrogens is 1. The van der Waals surface area contributed by atoms with Crippen LogP contribution in [0.4, 0.5) is 0 Å². The van der Waals surface area contributed by atoms with Gasteiger partial charge >= 0.3 is 5.76 Å². The zero-order valence-electron chi connectivity index (χ0n) is 12.7. The zero-order valence-corrected chi connectivity index (χ0v) is 13.4. The SMILES string of the molecule is O=C(COc1ccc(Cl)cc1)NCCc1ccc2oc(=O)[nH]c2c1. The van der Waals surface area contributed by atoms with Crippen molar-refractivity contribution in [2.45, 2.75) is 6.42 Å². The molecule has 0 spiro atoms. The largest absolute Gasteiger partial charge is 0.484 e. The minimum Gasteiger partial charge on any atom is -0.484 e. The summed E-state index contributed by atoms with van der Waals surface area (Å²) in [6, 6.07) is 12.2. The van der Waals surface area contributed by atoms with Gasteiger partial charge in [-0.15, -0.1) is 0 Å². The number of oxazole rings is 1. The van der Waals surface area contributed by atoms with Crippen LogP contribution in [0.25, 0.3) is 11.1 Å². The number of nitrogens with one attached hydrogen (secondary N) is 2. The minimum absolute atomic E-state index is 0.0598. The number of aromatic amines is 1. The van der Waals surface area contributed by atoms with Crippen LogP contribution in [0, 0.1) is 0 Å². The minimum atomic E-state index is -0.477. The van der Waals surface area contributed by atoms with Crippen molar-refractivity contribution >= 4 is 28.6 Å². The molecule has 0 aliphatic rings. The fraction of sp³-hybridized carbons (Fsp3) is 0.176. The third-order valence-electron chi connectivity index (χ3n) is 3.40. The molecule has 3 rings (SSSR count). The molecule has 0 fully saturated rings. The van der Waals surface area contributed by atoms with E-state index in [0.29, 0.717) is 34.8 Å². The van der Waals surface area contributed by atoms with Crippen LogP contribution in [0.3, 0.4) is 0 Å². The first-order valence-electron chi connectivity index (χ1n) is 7.37. The molecule has 0 saturated carbocycles. The molecule has 0 radical (unpaired) electrons. The first-order chi connectivity index (χ1) is 11.6. The number of fused-ring (bicyclic) bond motifs is 1. The van der Waals surface area contributed by atoms with Crippen molar-refractivity contribution in [2.75, 3.05) is 13.2 Å². The van der Waals surface area contributed by atoms with Gasteiger partial charge in [-0.2, -0.15) is 0 Å². The Labute approximate surface area is 142 Å². The molecular formula is C17H15ClN2O4. The molecule has 1 amide bonds. The number of carbonyl (C=O) groups excluding carboxylic acids is 1. The monoisotopic (exact) mass is 346 g/mol. The van der Waals surface area contributed by atoms with Crippen LogP contribution in [-0.4, -0.2) is 24.0 Å². The number of halogens is 1. The van der Waals surface area contributed by atoms with Gasteiger partial charge in [0.05, 0.1) is 5.52 Å². The standard InChI is InChI=1S/C17H15ClN2O4/c18-12-2-4-13(5-3-12)23-10-16(21)19-8-7-11-1-6-15-14(9-11)20-17(22)24-15/h1-6,9H,7-8,10H2,(H,19,21)(H,20,22). The van der Waals surface area contributed by atoms with Crippen LogP contribution in [0.5, 0.6) is 5.75 Å². The van der Waals surface area contributed by atoms with E-state index in [2.05, 4.69) is 10.3 Å². The Morgan fingerprint density at radius 2 is 2.00 bits per heavy atom. The molecule has 0 aliphatic carbocycles. The van der Waals surface area contributed by atoms with E-state index in [1.54, 1.807) is 30.3 Å². The average Bonchev–Trinajstić information content (AvgIpc) is 2.93. The lowest BCUT2D eigenvalue weighted by Crippen LogP contribution is -2.30. The molecule has 0 saturated heterocycles. The fourth-order valence-electron chi connectivity index (χ4n) is 2.23. The van der Waals surface area contributed by atoms with E-state index < -0.39 is 5.76 Å². The van der Waals surface area contributed by atoms with Crippen LogP contribution < -0.4 is 15.8 Å². The highest BCUT2D eigenvalue weighted by Gasteiger charge is 2.05. The molecule has 1 heterocycles. The molecule has 0 unspecified atom stereocenters. The van der Waals surface area contributed by atoms with E-state index in [0.717, 1.165) is 5.56 Å². The van der Waals surface area contributed by atoms with Crippen LogP contribution in [-0.2, 0) is 11.2 Å². The van der Waals surface area contributed by atoms with Gasteiger partial charge in [0.25, 0.3) is 5.91 Å². The van der Waals surface area contributed by atoms with E-state index in [4.69, 9.17) is 20.8 Å². The van der Waals surface area contributed by atoms with E-state index >= 15 is 0 Å². The van der Waals surface area contributed by atoms with Gasteiger partial charge in [0.1, 0.15) is 5.75 Å². The molecule has 2 aromatic carbocycles. The highest BCUT2D eigenvalue weighted by Crippen LogP contribution is 2.15. The summed E-state index contributed by atoms with van der Waals surface area (Å²) in [6.07, 6.45) is 0.635. The van der Waals surface area contributed by atoms with Gasteiger partial charge in [-0.05, 0) is 48.4 Å². The fourth-order valence-corrected chi connectivity index (χ4v) is 2.36. The van der Waals surface area contributed by atoms with Gasteiger partial charge in [0.15, 0.2) is 12.2 Å². The van der Waals surface area contributed by atoms with E-state index in [9.17, 15) is 9.59 Å². The Morgan fingerprint density at radius 1 is 1.21 bits per heavy atom. The first-order valence-corrected chi connectivity index (χ1v) is 7.75. The predicted molar refractivity (Wildman–Crippen MR) is 90.5 cm³/mol. The second kappa shape index (κ2) is 7.23. The molecule has 0 aliphatic heterocycles. The Bertz CT molecular complexity index is 899. The molecule has 3 aromatic rings. The van der Waals surface area contributed by atoms with Gasteiger partial charge in [-0.3, -0.25) is 9.78 Å². The topological polar surface area (TPSA) is 84.3 Å². The zero-order chi connectivity index (χ0) is 16.9. The van der Waals surface area contributed by atoms with Crippen LogP contribution in [0.2, 0.25) is 5.02 Å². The predicted octanol–water partition coefficient (Wildman–Crippen LogP) is 2.51. The summed E-state index contributed by atoms with van der Waals surface area (Å²) in [4.78, 5) is 25.5. The molecule has 1 aromatic heterocycles. The van der Waals surface area contributed by atoms with Gasteiger partial charge in [-0.25, -0.2) is 4.79 Å². The summed E-state index contributed by atoms with van der Waals surface area (Å²) < 4.78 is 10.3. The number of carbonyl (C=O) groups is 1. The number of aromatic nitrogens is 1. The maximum atomic E-state index is 11.8. The van der Waals surface area contributed by atoms with Crippen molar-refractivity contribution in [1.82, 2.24) is 10.3 Å². The summed E-state index contributed by atoms with van der Waals surface area (Å²) in [5.41, 5.74) is 2.15. The second-order valence-electron chi connectivity index (χ2n) is 5.19. The summed E-state index contributed by atoms with van der Waals surface area (Å²) in [7, 11) is 0. The average molecular weight is 347 g/mol. The number of benzene rings is 2. The third-order valence-corrected chi connectivity index (χ3v) is 3.65. The Hall–Kier alpha value is -2.73. The Kier molecular flexibility index (Phi) is 4.86.